The second kappa shape index (κ2) is 8.95. The zero-order valence-corrected chi connectivity index (χ0v) is 20.4. The summed E-state index contributed by atoms with van der Waals surface area (Å²) in [5.74, 6) is 0.854. The minimum absolute atomic E-state index is 0.109. The van der Waals surface area contributed by atoms with Crippen molar-refractivity contribution in [2.24, 2.45) is 0 Å². The van der Waals surface area contributed by atoms with E-state index in [-0.39, 0.29) is 17.7 Å². The Bertz CT molecular complexity index is 1390. The van der Waals surface area contributed by atoms with Crippen molar-refractivity contribution in [3.63, 3.8) is 0 Å². The number of hydrogen-bond donors (Lipinski definition) is 2. The van der Waals surface area contributed by atoms with E-state index >= 15 is 0 Å². The van der Waals surface area contributed by atoms with Crippen molar-refractivity contribution in [3.8, 4) is 22.8 Å². The van der Waals surface area contributed by atoms with E-state index < -0.39 is 0 Å². The molecule has 0 spiro atoms. The molecule has 0 bridgehead atoms. The van der Waals surface area contributed by atoms with Gasteiger partial charge in [0.1, 0.15) is 22.9 Å². The van der Waals surface area contributed by atoms with Crippen molar-refractivity contribution >= 4 is 5.91 Å². The van der Waals surface area contributed by atoms with Crippen LogP contribution in [0, 0.1) is 20.8 Å². The first-order chi connectivity index (χ1) is 16.9. The summed E-state index contributed by atoms with van der Waals surface area (Å²) in [4.78, 5) is 15.5. The van der Waals surface area contributed by atoms with Crippen LogP contribution in [0.2, 0.25) is 0 Å². The summed E-state index contributed by atoms with van der Waals surface area (Å²) in [6.07, 6.45) is 0. The number of aryl methyl sites for hydroxylation is 3. The maximum atomic E-state index is 13.7. The summed E-state index contributed by atoms with van der Waals surface area (Å²) in [6, 6.07) is 19.6. The summed E-state index contributed by atoms with van der Waals surface area (Å²) in [6.45, 7) is 8.90. The number of phenols is 1. The number of benzene rings is 3. The fourth-order valence-corrected chi connectivity index (χ4v) is 4.86. The molecule has 1 aliphatic rings. The van der Waals surface area contributed by atoms with E-state index in [1.54, 1.807) is 0 Å². The van der Waals surface area contributed by atoms with Crippen LogP contribution in [0.25, 0.3) is 11.3 Å². The SMILES string of the molecule is CCOc1ccc(C2c3c(-c4cc(C)cc(C)c4O)n[nH]c3C(=O)N2Cc2ccc(C)cc2)cc1. The predicted octanol–water partition coefficient (Wildman–Crippen LogP) is 5.85. The first-order valence-electron chi connectivity index (χ1n) is 11.9. The molecule has 2 N–H and O–H groups in total. The van der Waals surface area contributed by atoms with Gasteiger partial charge in [0.15, 0.2) is 0 Å². The molecule has 5 rings (SSSR count). The molecule has 0 fully saturated rings. The number of ether oxygens (including phenoxy) is 1. The van der Waals surface area contributed by atoms with Crippen molar-refractivity contribution in [1.29, 1.82) is 0 Å². The molecular weight excluding hydrogens is 438 g/mol. The lowest BCUT2D eigenvalue weighted by molar-refractivity contribution is 0.0730. The second-order valence-electron chi connectivity index (χ2n) is 9.16. The summed E-state index contributed by atoms with van der Waals surface area (Å²) in [7, 11) is 0. The lowest BCUT2D eigenvalue weighted by Gasteiger charge is -2.27. The summed E-state index contributed by atoms with van der Waals surface area (Å²) in [5, 5.41) is 18.4. The molecule has 0 aliphatic carbocycles. The topological polar surface area (TPSA) is 78.5 Å². The maximum Gasteiger partial charge on any atom is 0.273 e. The van der Waals surface area contributed by atoms with Gasteiger partial charge in [0.25, 0.3) is 5.91 Å². The predicted molar refractivity (Wildman–Crippen MR) is 136 cm³/mol. The number of aromatic amines is 1. The first kappa shape index (κ1) is 22.7. The number of rotatable bonds is 6. The highest BCUT2D eigenvalue weighted by Crippen LogP contribution is 2.46. The summed E-state index contributed by atoms with van der Waals surface area (Å²) < 4.78 is 5.64. The van der Waals surface area contributed by atoms with Crippen molar-refractivity contribution in [3.05, 3.63) is 99.7 Å². The summed E-state index contributed by atoms with van der Waals surface area (Å²) >= 11 is 0. The van der Waals surface area contributed by atoms with Crippen molar-refractivity contribution < 1.29 is 14.6 Å². The van der Waals surface area contributed by atoms with Crippen LogP contribution in [0.3, 0.4) is 0 Å². The molecule has 2 heterocycles. The van der Waals surface area contributed by atoms with Crippen LogP contribution in [-0.4, -0.2) is 32.7 Å². The average Bonchev–Trinajstić information content (AvgIpc) is 3.38. The Morgan fingerprint density at radius 3 is 2.40 bits per heavy atom. The molecule has 1 atom stereocenters. The van der Waals surface area contributed by atoms with Gasteiger partial charge in [0, 0.05) is 17.7 Å². The highest BCUT2D eigenvalue weighted by molar-refractivity contribution is 6.00. The number of H-pyrrole nitrogens is 1. The van der Waals surface area contributed by atoms with E-state index in [1.807, 2.05) is 69.0 Å². The summed E-state index contributed by atoms with van der Waals surface area (Å²) in [5.41, 5.74) is 7.44. The smallest absolute Gasteiger partial charge is 0.273 e. The third-order valence-electron chi connectivity index (χ3n) is 6.54. The Morgan fingerprint density at radius 1 is 1.00 bits per heavy atom. The molecule has 3 aromatic carbocycles. The van der Waals surface area contributed by atoms with E-state index in [4.69, 9.17) is 4.74 Å². The van der Waals surface area contributed by atoms with Gasteiger partial charge in [-0.1, -0.05) is 48.0 Å². The molecule has 1 unspecified atom stereocenters. The molecule has 0 radical (unpaired) electrons. The highest BCUT2D eigenvalue weighted by Gasteiger charge is 2.42. The van der Waals surface area contributed by atoms with Crippen molar-refractivity contribution in [1.82, 2.24) is 15.1 Å². The number of fused-ring (bicyclic) bond motifs is 1. The van der Waals surface area contributed by atoms with E-state index in [2.05, 4.69) is 34.5 Å². The first-order valence-corrected chi connectivity index (χ1v) is 11.9. The van der Waals surface area contributed by atoms with Gasteiger partial charge in [0.2, 0.25) is 0 Å². The molecule has 35 heavy (non-hydrogen) atoms. The van der Waals surface area contributed by atoms with E-state index in [0.717, 1.165) is 33.6 Å². The Labute approximate surface area is 205 Å². The lowest BCUT2D eigenvalue weighted by atomic mass is 9.94. The van der Waals surface area contributed by atoms with Crippen LogP contribution < -0.4 is 4.74 Å². The van der Waals surface area contributed by atoms with Crippen LogP contribution in [0.4, 0.5) is 0 Å². The molecule has 0 saturated heterocycles. The van der Waals surface area contributed by atoms with Gasteiger partial charge >= 0.3 is 0 Å². The Hall–Kier alpha value is -4.06. The molecule has 4 aromatic rings. The monoisotopic (exact) mass is 467 g/mol. The van der Waals surface area contributed by atoms with Crippen LogP contribution in [0.5, 0.6) is 11.5 Å². The molecule has 6 nitrogen and oxygen atoms in total. The van der Waals surface area contributed by atoms with Gasteiger partial charge in [-0.25, -0.2) is 0 Å². The van der Waals surface area contributed by atoms with Gasteiger partial charge in [-0.05, 0) is 68.1 Å². The standard InChI is InChI=1S/C29H29N3O3/c1-5-35-22-12-10-21(11-13-22)27-24-25(23-15-18(3)14-19(4)28(23)33)30-31-26(24)29(34)32(27)16-20-8-6-17(2)7-9-20/h6-15,27,33H,5,16H2,1-4H3,(H,30,31). The van der Waals surface area contributed by atoms with Crippen molar-refractivity contribution in [2.45, 2.75) is 40.3 Å². The minimum atomic E-state index is -0.358. The number of nitrogens with zero attached hydrogens (tertiary/aromatic N) is 2. The molecule has 1 aromatic heterocycles. The highest BCUT2D eigenvalue weighted by atomic mass is 16.5. The molecule has 1 aliphatic heterocycles. The number of carbonyl (C=O) groups is 1. The number of amides is 1. The molecule has 178 valence electrons. The fourth-order valence-electron chi connectivity index (χ4n) is 4.86. The zero-order chi connectivity index (χ0) is 24.7. The molecule has 1 amide bonds. The van der Waals surface area contributed by atoms with Gasteiger partial charge in [-0.15, -0.1) is 0 Å². The van der Waals surface area contributed by atoms with E-state index in [9.17, 15) is 9.90 Å². The van der Waals surface area contributed by atoms with Crippen LogP contribution in [0.1, 0.15) is 56.8 Å². The van der Waals surface area contributed by atoms with E-state index in [1.165, 1.54) is 5.56 Å². The number of phenolic OH excluding ortho intramolecular Hbond substituents is 1. The number of nitrogens with one attached hydrogen (secondary N) is 1. The van der Waals surface area contributed by atoms with E-state index in [0.29, 0.717) is 30.1 Å². The maximum absolute atomic E-state index is 13.7. The Kier molecular flexibility index (Phi) is 5.81. The normalized spacial score (nSPS) is 14.9. The van der Waals surface area contributed by atoms with Gasteiger partial charge in [0.05, 0.1) is 12.6 Å². The van der Waals surface area contributed by atoms with Gasteiger partial charge < -0.3 is 14.7 Å². The lowest BCUT2D eigenvalue weighted by Crippen LogP contribution is -2.29. The molecule has 6 heteroatoms. The number of aromatic hydroxyl groups is 1. The van der Waals surface area contributed by atoms with Crippen LogP contribution >= 0.6 is 0 Å². The second-order valence-corrected chi connectivity index (χ2v) is 9.16. The Morgan fingerprint density at radius 2 is 1.71 bits per heavy atom. The van der Waals surface area contributed by atoms with Gasteiger partial charge in [-0.3, -0.25) is 9.89 Å². The number of carbonyl (C=O) groups excluding carboxylic acids is 1. The zero-order valence-electron chi connectivity index (χ0n) is 20.4. The van der Waals surface area contributed by atoms with Crippen molar-refractivity contribution in [2.75, 3.05) is 6.61 Å². The Balaban J connectivity index is 1.65. The van der Waals surface area contributed by atoms with Crippen LogP contribution in [0.15, 0.2) is 60.7 Å². The third-order valence-corrected chi connectivity index (χ3v) is 6.54. The average molecular weight is 468 g/mol. The molecule has 0 saturated carbocycles. The molecular formula is C29H29N3O3. The third kappa shape index (κ3) is 4.05. The van der Waals surface area contributed by atoms with Gasteiger partial charge in [-0.2, -0.15) is 5.10 Å². The quantitative estimate of drug-likeness (QED) is 0.373. The fraction of sp³-hybridized carbons (Fsp3) is 0.241. The van der Waals surface area contributed by atoms with Crippen LogP contribution in [-0.2, 0) is 6.54 Å². The number of hydrogen-bond acceptors (Lipinski definition) is 4. The number of aromatic nitrogens is 2. The minimum Gasteiger partial charge on any atom is -0.507 e. The largest absolute Gasteiger partial charge is 0.507 e.